The first-order valence-corrected chi connectivity index (χ1v) is 5.72. The van der Waals surface area contributed by atoms with Crippen LogP contribution in [0.5, 0.6) is 0 Å². The number of rotatable bonds is 5. The first kappa shape index (κ1) is 14.0. The van der Waals surface area contributed by atoms with Gasteiger partial charge >= 0.3 is 5.97 Å². The molecule has 1 amide bonds. The summed E-state index contributed by atoms with van der Waals surface area (Å²) in [7, 11) is 1.37. The average Bonchev–Trinajstić information content (AvgIpc) is 2.34. The fourth-order valence-corrected chi connectivity index (χ4v) is 1.47. The molecule has 98 valence electrons. The zero-order chi connectivity index (χ0) is 13.5. The summed E-state index contributed by atoms with van der Waals surface area (Å²) in [5, 5.41) is 5.82. The molecular formula is C13H18N2O3. The Kier molecular flexibility index (Phi) is 5.17. The third kappa shape index (κ3) is 4.45. The highest BCUT2D eigenvalue weighted by atomic mass is 16.5. The maximum Gasteiger partial charge on any atom is 0.310 e. The number of amides is 1. The van der Waals surface area contributed by atoms with Crippen LogP contribution in [0.3, 0.4) is 0 Å². The highest BCUT2D eigenvalue weighted by molar-refractivity contribution is 5.89. The van der Waals surface area contributed by atoms with E-state index in [1.54, 1.807) is 13.0 Å². The Hall–Kier alpha value is -2.04. The lowest BCUT2D eigenvalue weighted by Crippen LogP contribution is -2.21. The molecule has 1 aromatic rings. The zero-order valence-electron chi connectivity index (χ0n) is 10.8. The van der Waals surface area contributed by atoms with Gasteiger partial charge in [-0.2, -0.15) is 0 Å². The number of carbonyl (C=O) groups excluding carboxylic acids is 2. The van der Waals surface area contributed by atoms with Crippen LogP contribution < -0.4 is 10.6 Å². The predicted octanol–water partition coefficient (Wildman–Crippen LogP) is 1.87. The molecule has 0 heterocycles. The van der Waals surface area contributed by atoms with E-state index in [0.29, 0.717) is 6.54 Å². The van der Waals surface area contributed by atoms with Crippen molar-refractivity contribution in [3.63, 3.8) is 0 Å². The molecule has 1 unspecified atom stereocenters. The number of carbonyl (C=O) groups is 2. The number of esters is 1. The molecule has 1 aromatic carbocycles. The van der Waals surface area contributed by atoms with Crippen LogP contribution in [0.25, 0.3) is 0 Å². The van der Waals surface area contributed by atoms with E-state index in [9.17, 15) is 9.59 Å². The van der Waals surface area contributed by atoms with Gasteiger partial charge in [-0.15, -0.1) is 0 Å². The number of ether oxygens (including phenoxy) is 1. The van der Waals surface area contributed by atoms with Gasteiger partial charge < -0.3 is 15.4 Å². The quantitative estimate of drug-likeness (QED) is 0.783. The minimum absolute atomic E-state index is 0.116. The van der Waals surface area contributed by atoms with Gasteiger partial charge in [-0.1, -0.05) is 13.0 Å². The van der Waals surface area contributed by atoms with Crippen LogP contribution >= 0.6 is 0 Å². The Bertz CT molecular complexity index is 432. The second-order valence-corrected chi connectivity index (χ2v) is 4.07. The van der Waals surface area contributed by atoms with Crippen LogP contribution in [0.1, 0.15) is 13.8 Å². The van der Waals surface area contributed by atoms with Gasteiger partial charge in [0.15, 0.2) is 0 Å². The van der Waals surface area contributed by atoms with Crippen LogP contribution in [0, 0.1) is 5.92 Å². The standard InChI is InChI=1S/C13H18N2O3/c1-9(13(17)18-3)8-14-11-5-4-6-12(7-11)15-10(2)16/h4-7,9,14H,8H2,1-3H3,(H,15,16). The zero-order valence-corrected chi connectivity index (χ0v) is 10.8. The SMILES string of the molecule is COC(=O)C(C)CNc1cccc(NC(C)=O)c1. The third-order valence-corrected chi connectivity index (χ3v) is 2.40. The van der Waals surface area contributed by atoms with Crippen molar-refractivity contribution < 1.29 is 14.3 Å². The van der Waals surface area contributed by atoms with E-state index in [2.05, 4.69) is 15.4 Å². The maximum atomic E-state index is 11.2. The van der Waals surface area contributed by atoms with Crippen LogP contribution in [0.15, 0.2) is 24.3 Å². The van der Waals surface area contributed by atoms with E-state index in [1.807, 2.05) is 18.2 Å². The summed E-state index contributed by atoms with van der Waals surface area (Å²) in [5.74, 6) is -0.588. The van der Waals surface area contributed by atoms with Crippen molar-refractivity contribution in [1.29, 1.82) is 0 Å². The molecule has 5 heteroatoms. The fraction of sp³-hybridized carbons (Fsp3) is 0.385. The minimum Gasteiger partial charge on any atom is -0.469 e. The molecule has 0 spiro atoms. The fourth-order valence-electron chi connectivity index (χ4n) is 1.47. The number of benzene rings is 1. The molecule has 18 heavy (non-hydrogen) atoms. The van der Waals surface area contributed by atoms with Gasteiger partial charge in [0.2, 0.25) is 5.91 Å². The molecule has 0 saturated carbocycles. The highest BCUT2D eigenvalue weighted by Crippen LogP contribution is 2.15. The maximum absolute atomic E-state index is 11.2. The largest absolute Gasteiger partial charge is 0.469 e. The number of methoxy groups -OCH3 is 1. The van der Waals surface area contributed by atoms with E-state index >= 15 is 0 Å². The Morgan fingerprint density at radius 2 is 2.00 bits per heavy atom. The van der Waals surface area contributed by atoms with E-state index in [4.69, 9.17) is 0 Å². The van der Waals surface area contributed by atoms with Crippen molar-refractivity contribution in [1.82, 2.24) is 0 Å². The molecule has 0 aliphatic carbocycles. The van der Waals surface area contributed by atoms with Crippen LogP contribution in [0.2, 0.25) is 0 Å². The topological polar surface area (TPSA) is 67.4 Å². The second kappa shape index (κ2) is 6.64. The van der Waals surface area contributed by atoms with E-state index < -0.39 is 0 Å². The minimum atomic E-state index is -0.250. The lowest BCUT2D eigenvalue weighted by Gasteiger charge is -2.12. The summed E-state index contributed by atoms with van der Waals surface area (Å²) >= 11 is 0. The molecule has 0 fully saturated rings. The van der Waals surface area contributed by atoms with Crippen molar-refractivity contribution in [2.24, 2.45) is 5.92 Å². The normalized spacial score (nSPS) is 11.5. The Morgan fingerprint density at radius 1 is 1.33 bits per heavy atom. The smallest absolute Gasteiger partial charge is 0.310 e. The summed E-state index contributed by atoms with van der Waals surface area (Å²) in [6.45, 7) is 3.73. The van der Waals surface area contributed by atoms with Crippen LogP contribution in [-0.2, 0) is 14.3 Å². The lowest BCUT2D eigenvalue weighted by atomic mass is 10.2. The van der Waals surface area contributed by atoms with Crippen LogP contribution in [-0.4, -0.2) is 25.5 Å². The first-order chi connectivity index (χ1) is 8.52. The predicted molar refractivity (Wildman–Crippen MR) is 70.4 cm³/mol. The molecule has 5 nitrogen and oxygen atoms in total. The molecule has 2 N–H and O–H groups in total. The molecule has 0 aliphatic heterocycles. The van der Waals surface area contributed by atoms with Gasteiger partial charge in [-0.05, 0) is 18.2 Å². The van der Waals surface area contributed by atoms with Crippen molar-refractivity contribution in [3.8, 4) is 0 Å². The average molecular weight is 250 g/mol. The summed E-state index contributed by atoms with van der Waals surface area (Å²) in [5.41, 5.74) is 1.57. The molecule has 0 radical (unpaired) electrons. The number of hydrogen-bond donors (Lipinski definition) is 2. The van der Waals surface area contributed by atoms with Crippen molar-refractivity contribution >= 4 is 23.3 Å². The Morgan fingerprint density at radius 3 is 2.61 bits per heavy atom. The lowest BCUT2D eigenvalue weighted by molar-refractivity contribution is -0.144. The molecule has 0 aromatic heterocycles. The molecular weight excluding hydrogens is 232 g/mol. The van der Waals surface area contributed by atoms with Gasteiger partial charge in [0, 0.05) is 24.8 Å². The van der Waals surface area contributed by atoms with Gasteiger partial charge in [0.25, 0.3) is 0 Å². The first-order valence-electron chi connectivity index (χ1n) is 5.72. The van der Waals surface area contributed by atoms with Crippen molar-refractivity contribution in [2.45, 2.75) is 13.8 Å². The van der Waals surface area contributed by atoms with Crippen molar-refractivity contribution in [3.05, 3.63) is 24.3 Å². The Balaban J connectivity index is 2.57. The van der Waals surface area contributed by atoms with Gasteiger partial charge in [-0.25, -0.2) is 0 Å². The van der Waals surface area contributed by atoms with E-state index in [0.717, 1.165) is 11.4 Å². The number of anilines is 2. The highest BCUT2D eigenvalue weighted by Gasteiger charge is 2.12. The molecule has 1 atom stereocenters. The van der Waals surface area contributed by atoms with Crippen molar-refractivity contribution in [2.75, 3.05) is 24.3 Å². The summed E-state index contributed by atoms with van der Waals surface area (Å²) < 4.78 is 4.64. The van der Waals surface area contributed by atoms with Gasteiger partial charge in [0.1, 0.15) is 0 Å². The molecule has 0 bridgehead atoms. The van der Waals surface area contributed by atoms with E-state index in [-0.39, 0.29) is 17.8 Å². The third-order valence-electron chi connectivity index (χ3n) is 2.40. The Labute approximate surface area is 107 Å². The second-order valence-electron chi connectivity index (χ2n) is 4.07. The van der Waals surface area contributed by atoms with Gasteiger partial charge in [0.05, 0.1) is 13.0 Å². The monoisotopic (exact) mass is 250 g/mol. The summed E-state index contributed by atoms with van der Waals surface area (Å²) in [6, 6.07) is 7.31. The summed E-state index contributed by atoms with van der Waals surface area (Å²) in [4.78, 5) is 22.2. The molecule has 1 rings (SSSR count). The summed E-state index contributed by atoms with van der Waals surface area (Å²) in [6.07, 6.45) is 0. The molecule has 0 aliphatic rings. The number of hydrogen-bond acceptors (Lipinski definition) is 4. The van der Waals surface area contributed by atoms with E-state index in [1.165, 1.54) is 14.0 Å². The number of nitrogens with one attached hydrogen (secondary N) is 2. The van der Waals surface area contributed by atoms with Crippen LogP contribution in [0.4, 0.5) is 11.4 Å². The molecule has 0 saturated heterocycles. The van der Waals surface area contributed by atoms with Gasteiger partial charge in [-0.3, -0.25) is 9.59 Å².